The first-order valence-corrected chi connectivity index (χ1v) is 7.99. The Hall–Kier alpha value is -1.06. The molecule has 118 valence electrons. The number of unbranched alkanes of at least 4 members (excludes halogenated alkanes) is 2. The molecule has 4 heteroatoms. The van der Waals surface area contributed by atoms with E-state index in [0.717, 1.165) is 55.4 Å². The Balaban J connectivity index is 3.18. The Morgan fingerprint density at radius 2 is 1.62 bits per heavy atom. The Kier molecular flexibility index (Phi) is 8.40. The second-order valence-corrected chi connectivity index (χ2v) is 5.50. The fraction of sp³-hybridized carbons (Fsp3) is 0.588. The van der Waals surface area contributed by atoms with Gasteiger partial charge in [-0.15, -0.1) is 0 Å². The summed E-state index contributed by atoms with van der Waals surface area (Å²) in [4.78, 5) is 11.5. The number of ether oxygens (including phenoxy) is 2. The molecule has 0 aliphatic heterocycles. The van der Waals surface area contributed by atoms with Crippen molar-refractivity contribution < 1.29 is 14.3 Å². The van der Waals surface area contributed by atoms with E-state index in [1.807, 2.05) is 12.1 Å². The molecule has 0 heterocycles. The van der Waals surface area contributed by atoms with E-state index in [4.69, 9.17) is 21.1 Å². The Bertz CT molecular complexity index is 428. The number of hydrogen-bond acceptors (Lipinski definition) is 3. The lowest BCUT2D eigenvalue weighted by Gasteiger charge is -2.17. The lowest BCUT2D eigenvalue weighted by atomic mass is 9.97. The van der Waals surface area contributed by atoms with Gasteiger partial charge in [0.05, 0.1) is 0 Å². The van der Waals surface area contributed by atoms with Crippen LogP contribution in [0.2, 0.25) is 0 Å². The van der Waals surface area contributed by atoms with Crippen molar-refractivity contribution in [2.24, 2.45) is 0 Å². The fourth-order valence-corrected chi connectivity index (χ4v) is 2.39. The number of benzene rings is 1. The summed E-state index contributed by atoms with van der Waals surface area (Å²) in [5.41, 5.74) is 2.65. The van der Waals surface area contributed by atoms with Gasteiger partial charge in [-0.25, -0.2) is 0 Å². The van der Waals surface area contributed by atoms with E-state index in [1.165, 1.54) is 0 Å². The molecule has 1 aromatic carbocycles. The van der Waals surface area contributed by atoms with Crippen molar-refractivity contribution in [3.63, 3.8) is 0 Å². The van der Waals surface area contributed by atoms with Crippen molar-refractivity contribution in [2.45, 2.75) is 52.4 Å². The van der Waals surface area contributed by atoms with Gasteiger partial charge in [-0.2, -0.15) is 0 Å². The highest BCUT2D eigenvalue weighted by Gasteiger charge is 2.15. The van der Waals surface area contributed by atoms with Crippen molar-refractivity contribution in [3.05, 3.63) is 28.8 Å². The van der Waals surface area contributed by atoms with Crippen LogP contribution >= 0.6 is 11.6 Å². The van der Waals surface area contributed by atoms with E-state index in [2.05, 4.69) is 13.8 Å². The van der Waals surface area contributed by atoms with Crippen LogP contribution in [0.4, 0.5) is 0 Å². The number of carbonyl (C=O) groups is 1. The molecule has 3 nitrogen and oxygen atoms in total. The molecule has 0 saturated heterocycles. The maximum absolute atomic E-state index is 11.5. The molecule has 0 bridgehead atoms. The van der Waals surface area contributed by atoms with Gasteiger partial charge in [-0.3, -0.25) is 4.79 Å². The minimum atomic E-state index is -0.413. The summed E-state index contributed by atoms with van der Waals surface area (Å²) in [7, 11) is 1.61. The third-order valence-electron chi connectivity index (χ3n) is 3.39. The van der Waals surface area contributed by atoms with Crippen LogP contribution in [-0.4, -0.2) is 19.1 Å². The molecule has 0 saturated carbocycles. The minimum Gasteiger partial charge on any atom is -0.467 e. The zero-order valence-electron chi connectivity index (χ0n) is 13.2. The normalized spacial score (nSPS) is 10.7. The van der Waals surface area contributed by atoms with Gasteiger partial charge in [-0.1, -0.05) is 26.7 Å². The summed E-state index contributed by atoms with van der Waals surface area (Å²) in [6.07, 6.45) is 6.05. The lowest BCUT2D eigenvalue weighted by molar-refractivity contribution is 0.0497. The topological polar surface area (TPSA) is 35.5 Å². The van der Waals surface area contributed by atoms with Crippen LogP contribution in [0.5, 0.6) is 5.75 Å². The SMILES string of the molecule is CCCCc1cc(C(=O)Cl)cc(CCCC)c1OCOC. The number of methoxy groups -OCH3 is 1. The molecule has 0 N–H and O–H groups in total. The van der Waals surface area contributed by atoms with Crippen molar-refractivity contribution in [3.8, 4) is 5.75 Å². The predicted octanol–water partition coefficient (Wildman–Crippen LogP) is 4.73. The van der Waals surface area contributed by atoms with Gasteiger partial charge >= 0.3 is 0 Å². The molecular weight excluding hydrogens is 288 g/mol. The Labute approximate surface area is 132 Å². The number of halogens is 1. The van der Waals surface area contributed by atoms with Gasteiger partial charge in [0.1, 0.15) is 5.75 Å². The number of rotatable bonds is 10. The summed E-state index contributed by atoms with van der Waals surface area (Å²) in [5.74, 6) is 0.861. The maximum atomic E-state index is 11.5. The molecule has 0 fully saturated rings. The standard InChI is InChI=1S/C17H25ClO3/c1-4-6-8-13-10-15(17(18)19)11-14(9-7-5-2)16(13)21-12-20-3/h10-11H,4-9,12H2,1-3H3. The van der Waals surface area contributed by atoms with Crippen molar-refractivity contribution in [1.29, 1.82) is 0 Å². The summed E-state index contributed by atoms with van der Waals surface area (Å²) in [6.45, 7) is 4.50. The Morgan fingerprint density at radius 1 is 1.10 bits per heavy atom. The van der Waals surface area contributed by atoms with Gasteiger partial charge in [0.25, 0.3) is 5.24 Å². The molecular formula is C17H25ClO3. The second-order valence-electron chi connectivity index (χ2n) is 5.16. The third-order valence-corrected chi connectivity index (χ3v) is 3.61. The second kappa shape index (κ2) is 9.80. The highest BCUT2D eigenvalue weighted by atomic mass is 35.5. The van der Waals surface area contributed by atoms with Crippen LogP contribution in [0.1, 0.15) is 61.0 Å². The fourth-order valence-electron chi connectivity index (χ4n) is 2.28. The van der Waals surface area contributed by atoms with Gasteiger partial charge in [-0.05, 0) is 60.5 Å². The number of carbonyl (C=O) groups excluding carboxylic acids is 1. The molecule has 0 amide bonds. The summed E-state index contributed by atoms with van der Waals surface area (Å²) < 4.78 is 10.8. The van der Waals surface area contributed by atoms with Crippen LogP contribution in [0.25, 0.3) is 0 Å². The molecule has 1 rings (SSSR count). The average molecular weight is 313 g/mol. The molecule has 0 radical (unpaired) electrons. The van der Waals surface area contributed by atoms with E-state index in [1.54, 1.807) is 7.11 Å². The van der Waals surface area contributed by atoms with Gasteiger partial charge in [0, 0.05) is 12.7 Å². The van der Waals surface area contributed by atoms with Crippen LogP contribution in [0.3, 0.4) is 0 Å². The molecule has 21 heavy (non-hydrogen) atoms. The predicted molar refractivity (Wildman–Crippen MR) is 86.4 cm³/mol. The zero-order chi connectivity index (χ0) is 15.7. The highest BCUT2D eigenvalue weighted by molar-refractivity contribution is 6.67. The largest absolute Gasteiger partial charge is 0.467 e. The Morgan fingerprint density at radius 3 is 2.00 bits per heavy atom. The number of aryl methyl sites for hydroxylation is 2. The van der Waals surface area contributed by atoms with E-state index >= 15 is 0 Å². The third kappa shape index (κ3) is 5.68. The summed E-state index contributed by atoms with van der Waals surface area (Å²) in [6, 6.07) is 3.71. The summed E-state index contributed by atoms with van der Waals surface area (Å²) >= 11 is 5.67. The number of hydrogen-bond donors (Lipinski definition) is 0. The highest BCUT2D eigenvalue weighted by Crippen LogP contribution is 2.30. The molecule has 0 atom stereocenters. The molecule has 0 aromatic heterocycles. The molecule has 0 unspecified atom stereocenters. The maximum Gasteiger partial charge on any atom is 0.252 e. The lowest BCUT2D eigenvalue weighted by Crippen LogP contribution is -2.07. The zero-order valence-corrected chi connectivity index (χ0v) is 14.0. The van der Waals surface area contributed by atoms with Crippen LogP contribution in [0, 0.1) is 0 Å². The van der Waals surface area contributed by atoms with E-state index in [0.29, 0.717) is 5.56 Å². The average Bonchev–Trinajstić information content (AvgIpc) is 2.48. The first kappa shape index (κ1) is 18.0. The van der Waals surface area contributed by atoms with E-state index in [-0.39, 0.29) is 6.79 Å². The van der Waals surface area contributed by atoms with Crippen LogP contribution in [0.15, 0.2) is 12.1 Å². The van der Waals surface area contributed by atoms with Crippen molar-refractivity contribution in [1.82, 2.24) is 0 Å². The molecule has 1 aromatic rings. The molecule has 0 aliphatic rings. The smallest absolute Gasteiger partial charge is 0.252 e. The minimum absolute atomic E-state index is 0.215. The van der Waals surface area contributed by atoms with Gasteiger partial charge < -0.3 is 9.47 Å². The van der Waals surface area contributed by atoms with Gasteiger partial charge in [0.2, 0.25) is 0 Å². The van der Waals surface area contributed by atoms with Crippen LogP contribution in [-0.2, 0) is 17.6 Å². The van der Waals surface area contributed by atoms with Crippen molar-refractivity contribution >= 4 is 16.8 Å². The quantitative estimate of drug-likeness (QED) is 0.462. The van der Waals surface area contributed by atoms with E-state index in [9.17, 15) is 4.79 Å². The first-order chi connectivity index (χ1) is 10.1. The first-order valence-electron chi connectivity index (χ1n) is 7.61. The van der Waals surface area contributed by atoms with Gasteiger partial charge in [0.15, 0.2) is 6.79 Å². The van der Waals surface area contributed by atoms with Crippen molar-refractivity contribution in [2.75, 3.05) is 13.9 Å². The molecule has 0 spiro atoms. The van der Waals surface area contributed by atoms with Crippen LogP contribution < -0.4 is 4.74 Å². The monoisotopic (exact) mass is 312 g/mol. The van der Waals surface area contributed by atoms with E-state index < -0.39 is 5.24 Å². The summed E-state index contributed by atoms with van der Waals surface area (Å²) in [5, 5.41) is -0.413. The molecule has 0 aliphatic carbocycles.